The molecule has 0 radical (unpaired) electrons. The number of hydrogen-bond donors (Lipinski definition) is 0. The van der Waals surface area contributed by atoms with Gasteiger partial charge in [-0.25, -0.2) is 0 Å². The molecular weight excluding hydrogens is 226 g/mol. The number of alkyl halides is 1. The Balaban J connectivity index is 2.14. The third-order valence-electron chi connectivity index (χ3n) is 2.60. The van der Waals surface area contributed by atoms with E-state index in [1.807, 2.05) is 13.0 Å². The molecular formula is C11H16ClN3O. The molecule has 1 aliphatic heterocycles. The fraction of sp³-hybridized carbons (Fsp3) is 0.636. The minimum atomic E-state index is 0.0766. The minimum Gasteiger partial charge on any atom is -0.370 e. The number of anilines is 1. The van der Waals surface area contributed by atoms with E-state index in [9.17, 15) is 0 Å². The molecule has 2 heterocycles. The second kappa shape index (κ2) is 4.97. The molecule has 1 aromatic rings. The van der Waals surface area contributed by atoms with E-state index in [0.29, 0.717) is 5.88 Å². The van der Waals surface area contributed by atoms with Gasteiger partial charge in [-0.2, -0.15) is 5.10 Å². The van der Waals surface area contributed by atoms with Gasteiger partial charge in [0.25, 0.3) is 0 Å². The summed E-state index contributed by atoms with van der Waals surface area (Å²) in [5, 5.41) is 8.11. The summed E-state index contributed by atoms with van der Waals surface area (Å²) >= 11 is 5.84. The number of aryl methyl sites for hydroxylation is 1. The number of ether oxygens (including phenoxy) is 1. The van der Waals surface area contributed by atoms with Crippen LogP contribution in [0.2, 0.25) is 0 Å². The Kier molecular flexibility index (Phi) is 3.61. The minimum absolute atomic E-state index is 0.0766. The van der Waals surface area contributed by atoms with Crippen molar-refractivity contribution in [3.63, 3.8) is 0 Å². The number of hydrogen-bond acceptors (Lipinski definition) is 4. The average Bonchev–Trinajstić information content (AvgIpc) is 2.28. The van der Waals surface area contributed by atoms with E-state index in [4.69, 9.17) is 16.3 Å². The molecule has 0 amide bonds. The summed E-state index contributed by atoms with van der Waals surface area (Å²) in [6.45, 7) is 5.69. The first-order valence-corrected chi connectivity index (χ1v) is 5.98. The topological polar surface area (TPSA) is 38.2 Å². The number of nitrogens with zero attached hydrogens (tertiary/aromatic N) is 3. The fourth-order valence-electron chi connectivity index (χ4n) is 1.92. The van der Waals surface area contributed by atoms with Gasteiger partial charge in [0.1, 0.15) is 0 Å². The van der Waals surface area contributed by atoms with Gasteiger partial charge in [-0.3, -0.25) is 0 Å². The Morgan fingerprint density at radius 2 is 2.38 bits per heavy atom. The monoisotopic (exact) mass is 241 g/mol. The summed E-state index contributed by atoms with van der Waals surface area (Å²) in [5.41, 5.74) is 1.12. The lowest BCUT2D eigenvalue weighted by Crippen LogP contribution is -2.47. The summed E-state index contributed by atoms with van der Waals surface area (Å²) in [5.74, 6) is 1.42. The van der Waals surface area contributed by atoms with Crippen molar-refractivity contribution in [2.45, 2.75) is 26.1 Å². The number of aromatic nitrogens is 2. The first-order valence-electron chi connectivity index (χ1n) is 5.44. The highest BCUT2D eigenvalue weighted by atomic mass is 35.5. The lowest BCUT2D eigenvalue weighted by Gasteiger charge is -2.36. The Morgan fingerprint density at radius 1 is 1.56 bits per heavy atom. The van der Waals surface area contributed by atoms with Gasteiger partial charge in [0.05, 0.1) is 24.3 Å². The van der Waals surface area contributed by atoms with Crippen LogP contribution in [0, 0.1) is 6.92 Å². The Morgan fingerprint density at radius 3 is 3.06 bits per heavy atom. The second-order valence-corrected chi connectivity index (χ2v) is 4.53. The van der Waals surface area contributed by atoms with Crippen LogP contribution >= 0.6 is 11.6 Å². The smallest absolute Gasteiger partial charge is 0.151 e. The zero-order valence-corrected chi connectivity index (χ0v) is 10.3. The van der Waals surface area contributed by atoms with Gasteiger partial charge < -0.3 is 9.64 Å². The molecule has 1 aromatic heterocycles. The van der Waals surface area contributed by atoms with Crippen LogP contribution in [0.3, 0.4) is 0 Å². The van der Waals surface area contributed by atoms with Gasteiger partial charge in [0, 0.05) is 13.1 Å². The van der Waals surface area contributed by atoms with E-state index in [-0.39, 0.29) is 12.2 Å². The summed E-state index contributed by atoms with van der Waals surface area (Å²) < 4.78 is 5.70. The predicted octanol–water partition coefficient (Wildman–Crippen LogP) is 1.62. The van der Waals surface area contributed by atoms with Crippen LogP contribution in [0.15, 0.2) is 12.3 Å². The average molecular weight is 242 g/mol. The van der Waals surface area contributed by atoms with Crippen molar-refractivity contribution >= 4 is 17.4 Å². The molecule has 4 nitrogen and oxygen atoms in total. The number of morpholine rings is 1. The summed E-state index contributed by atoms with van der Waals surface area (Å²) in [7, 11) is 0. The first kappa shape index (κ1) is 11.6. The molecule has 0 bridgehead atoms. The van der Waals surface area contributed by atoms with E-state index < -0.39 is 0 Å². The standard InChI is InChI=1S/C11H16ClN3O/c1-8-3-11(14-13-5-8)15-6-9(2)16-10(4-12)7-15/h3,5,9-10H,4,6-7H2,1-2H3. The van der Waals surface area contributed by atoms with E-state index in [0.717, 1.165) is 24.5 Å². The van der Waals surface area contributed by atoms with Gasteiger partial charge in [-0.15, -0.1) is 16.7 Å². The number of halogens is 1. The van der Waals surface area contributed by atoms with E-state index in [1.165, 1.54) is 0 Å². The van der Waals surface area contributed by atoms with Crippen LogP contribution in [0.1, 0.15) is 12.5 Å². The lowest BCUT2D eigenvalue weighted by atomic mass is 10.2. The van der Waals surface area contributed by atoms with Crippen LogP contribution in [0.25, 0.3) is 0 Å². The van der Waals surface area contributed by atoms with Crippen LogP contribution in [0.5, 0.6) is 0 Å². The molecule has 1 saturated heterocycles. The van der Waals surface area contributed by atoms with Crippen LogP contribution in [-0.2, 0) is 4.74 Å². The largest absolute Gasteiger partial charge is 0.370 e. The molecule has 1 aliphatic rings. The molecule has 0 aromatic carbocycles. The third-order valence-corrected chi connectivity index (χ3v) is 2.94. The predicted molar refractivity (Wildman–Crippen MR) is 64.0 cm³/mol. The highest BCUT2D eigenvalue weighted by Crippen LogP contribution is 2.18. The molecule has 0 N–H and O–H groups in total. The van der Waals surface area contributed by atoms with Crippen molar-refractivity contribution in [3.05, 3.63) is 17.8 Å². The molecule has 2 unspecified atom stereocenters. The first-order chi connectivity index (χ1) is 7.69. The molecule has 0 saturated carbocycles. The third kappa shape index (κ3) is 2.62. The second-order valence-electron chi connectivity index (χ2n) is 4.22. The summed E-state index contributed by atoms with van der Waals surface area (Å²) in [4.78, 5) is 2.18. The molecule has 1 fully saturated rings. The van der Waals surface area contributed by atoms with Gasteiger partial charge >= 0.3 is 0 Å². The van der Waals surface area contributed by atoms with Crippen molar-refractivity contribution < 1.29 is 4.74 Å². The van der Waals surface area contributed by atoms with Crippen molar-refractivity contribution in [2.24, 2.45) is 0 Å². The van der Waals surface area contributed by atoms with Crippen LogP contribution in [-0.4, -0.2) is 41.4 Å². The zero-order valence-electron chi connectivity index (χ0n) is 9.56. The molecule has 16 heavy (non-hydrogen) atoms. The van der Waals surface area contributed by atoms with Gasteiger partial charge in [0.2, 0.25) is 0 Å². The lowest BCUT2D eigenvalue weighted by molar-refractivity contribution is -0.00362. The molecule has 88 valence electrons. The van der Waals surface area contributed by atoms with Gasteiger partial charge in [-0.1, -0.05) is 0 Å². The van der Waals surface area contributed by atoms with Crippen molar-refractivity contribution in [1.82, 2.24) is 10.2 Å². The highest BCUT2D eigenvalue weighted by molar-refractivity contribution is 6.18. The molecule has 0 aliphatic carbocycles. The highest BCUT2D eigenvalue weighted by Gasteiger charge is 2.25. The van der Waals surface area contributed by atoms with Gasteiger partial charge in [0.15, 0.2) is 5.82 Å². The summed E-state index contributed by atoms with van der Waals surface area (Å²) in [6.07, 6.45) is 2.01. The van der Waals surface area contributed by atoms with E-state index in [1.54, 1.807) is 6.20 Å². The molecule has 2 atom stereocenters. The molecule has 5 heteroatoms. The maximum absolute atomic E-state index is 5.84. The van der Waals surface area contributed by atoms with Crippen LogP contribution < -0.4 is 4.90 Å². The Labute approximate surface area is 101 Å². The van der Waals surface area contributed by atoms with Crippen molar-refractivity contribution in [1.29, 1.82) is 0 Å². The molecule has 2 rings (SSSR count). The Hall–Kier alpha value is -0.870. The maximum Gasteiger partial charge on any atom is 0.151 e. The Bertz CT molecular complexity index is 361. The quantitative estimate of drug-likeness (QED) is 0.738. The number of rotatable bonds is 2. The van der Waals surface area contributed by atoms with Crippen LogP contribution in [0.4, 0.5) is 5.82 Å². The molecule has 0 spiro atoms. The van der Waals surface area contributed by atoms with Crippen molar-refractivity contribution in [2.75, 3.05) is 23.9 Å². The van der Waals surface area contributed by atoms with Gasteiger partial charge in [-0.05, 0) is 25.5 Å². The fourth-order valence-corrected chi connectivity index (χ4v) is 2.09. The summed E-state index contributed by atoms with van der Waals surface area (Å²) in [6, 6.07) is 2.04. The normalized spacial score (nSPS) is 25.8. The maximum atomic E-state index is 5.84. The zero-order chi connectivity index (χ0) is 11.5. The SMILES string of the molecule is Cc1cnnc(N2CC(C)OC(CCl)C2)c1. The van der Waals surface area contributed by atoms with Crippen molar-refractivity contribution in [3.8, 4) is 0 Å². The van der Waals surface area contributed by atoms with E-state index >= 15 is 0 Å². The van der Waals surface area contributed by atoms with E-state index in [2.05, 4.69) is 22.0 Å².